The van der Waals surface area contributed by atoms with Crippen molar-refractivity contribution in [1.29, 1.82) is 0 Å². The summed E-state index contributed by atoms with van der Waals surface area (Å²) in [6.07, 6.45) is 4.80. The Hall–Kier alpha value is -1.33. The largest absolute Gasteiger partial charge is 0.504 e. The molecule has 0 radical (unpaired) electrons. The number of fused-ring (bicyclic) bond motifs is 3. The van der Waals surface area contributed by atoms with Crippen LogP contribution in [0.25, 0.3) is 0 Å². The van der Waals surface area contributed by atoms with Gasteiger partial charge in [0.05, 0.1) is 7.11 Å². The van der Waals surface area contributed by atoms with E-state index in [4.69, 9.17) is 4.74 Å². The molecule has 134 valence electrons. The molecule has 2 fully saturated rings. The van der Waals surface area contributed by atoms with Crippen molar-refractivity contribution < 1.29 is 14.6 Å². The third kappa shape index (κ3) is 2.05. The molecule has 1 spiro atoms. The fourth-order valence-electron chi connectivity index (χ4n) is 6.05. The summed E-state index contributed by atoms with van der Waals surface area (Å²) in [5.41, 5.74) is 1.66. The molecule has 4 nitrogen and oxygen atoms in total. The zero-order valence-electron chi connectivity index (χ0n) is 14.7. The molecule has 2 bridgehead atoms. The Kier molecular flexibility index (Phi) is 3.82. The van der Waals surface area contributed by atoms with Gasteiger partial charge >= 0.3 is 0 Å². The van der Waals surface area contributed by atoms with Gasteiger partial charge < -0.3 is 15.2 Å². The summed E-state index contributed by atoms with van der Waals surface area (Å²) < 4.78 is 6.35. The lowest BCUT2D eigenvalue weighted by Gasteiger charge is -2.46. The summed E-state index contributed by atoms with van der Waals surface area (Å²) >= 11 is 3.71. The van der Waals surface area contributed by atoms with Gasteiger partial charge in [0, 0.05) is 46.3 Å². The van der Waals surface area contributed by atoms with Crippen LogP contribution in [0.2, 0.25) is 0 Å². The summed E-state index contributed by atoms with van der Waals surface area (Å²) in [7, 11) is 1.57. The van der Waals surface area contributed by atoms with E-state index in [-0.39, 0.29) is 22.6 Å². The van der Waals surface area contributed by atoms with E-state index in [1.807, 2.05) is 12.1 Å². The van der Waals surface area contributed by atoms with Crippen LogP contribution in [0.1, 0.15) is 43.7 Å². The number of aromatic hydroxyl groups is 1. The molecule has 3 aliphatic rings. The summed E-state index contributed by atoms with van der Waals surface area (Å²) in [6.45, 7) is 6.85. The second kappa shape index (κ2) is 5.58. The third-order valence-electron chi connectivity index (χ3n) is 6.72. The molecule has 2 N–H and O–H groups in total. The summed E-state index contributed by atoms with van der Waals surface area (Å²) in [5.74, 6) is 1.33. The number of ketones is 1. The van der Waals surface area contributed by atoms with Gasteiger partial charge in [-0.2, -0.15) is 0 Å². The van der Waals surface area contributed by atoms with E-state index in [1.54, 1.807) is 7.11 Å². The van der Waals surface area contributed by atoms with Gasteiger partial charge in [-0.25, -0.2) is 0 Å². The van der Waals surface area contributed by atoms with Crippen LogP contribution in [0, 0.1) is 5.92 Å². The number of hydrogen-bond donors (Lipinski definition) is 2. The number of carbonyl (C=O) groups excluding carboxylic acids is 1. The lowest BCUT2D eigenvalue weighted by Crippen LogP contribution is -2.52. The van der Waals surface area contributed by atoms with Crippen molar-refractivity contribution >= 4 is 21.7 Å². The third-order valence-corrected chi connectivity index (χ3v) is 7.34. The number of hydrogen-bond acceptors (Lipinski definition) is 4. The quantitative estimate of drug-likeness (QED) is 0.751. The van der Waals surface area contributed by atoms with Crippen LogP contribution in [0.15, 0.2) is 23.2 Å². The second-order valence-electron chi connectivity index (χ2n) is 7.94. The molecule has 3 aliphatic carbocycles. The van der Waals surface area contributed by atoms with Crippen LogP contribution in [0.5, 0.6) is 11.5 Å². The first-order valence-electron chi connectivity index (χ1n) is 8.85. The van der Waals surface area contributed by atoms with Crippen molar-refractivity contribution in [3.63, 3.8) is 0 Å². The van der Waals surface area contributed by atoms with Crippen molar-refractivity contribution in [2.45, 2.75) is 49.5 Å². The lowest BCUT2D eigenvalue weighted by atomic mass is 9.61. The Labute approximate surface area is 156 Å². The number of rotatable bonds is 4. The van der Waals surface area contributed by atoms with Gasteiger partial charge in [0.2, 0.25) is 0 Å². The zero-order chi connectivity index (χ0) is 18.0. The number of nitrogens with one attached hydrogen (secondary N) is 1. The minimum Gasteiger partial charge on any atom is -0.504 e. The lowest BCUT2D eigenvalue weighted by molar-refractivity contribution is -0.123. The minimum atomic E-state index is -0.292. The van der Waals surface area contributed by atoms with Crippen LogP contribution < -0.4 is 10.1 Å². The van der Waals surface area contributed by atoms with Crippen LogP contribution >= 0.6 is 15.9 Å². The highest BCUT2D eigenvalue weighted by molar-refractivity contribution is 9.10. The first kappa shape index (κ1) is 17.1. The van der Waals surface area contributed by atoms with Crippen molar-refractivity contribution in [2.24, 2.45) is 5.92 Å². The van der Waals surface area contributed by atoms with E-state index in [2.05, 4.69) is 34.7 Å². The zero-order valence-corrected chi connectivity index (χ0v) is 16.3. The highest BCUT2D eigenvalue weighted by Crippen LogP contribution is 2.70. The van der Waals surface area contributed by atoms with Gasteiger partial charge in [-0.05, 0) is 30.4 Å². The Morgan fingerprint density at radius 1 is 1.52 bits per heavy atom. The standard InChI is InChI=1S/C20H24BrNO3/c1-4-7-22-18-12-6-5-11(23)9-20(12)10-19(18,2)15-13(21)8-14(25-3)17(24)16(15)20/h4,8,12,18,22,24H,1,5-7,9-10H2,2-3H3/t12?,18?,19?,20-/m0/s1. The van der Waals surface area contributed by atoms with E-state index in [0.29, 0.717) is 30.3 Å². The Morgan fingerprint density at radius 2 is 2.28 bits per heavy atom. The highest BCUT2D eigenvalue weighted by Gasteiger charge is 2.68. The van der Waals surface area contributed by atoms with E-state index < -0.39 is 0 Å². The van der Waals surface area contributed by atoms with Crippen LogP contribution in [-0.2, 0) is 15.6 Å². The molecule has 4 atom stereocenters. The average molecular weight is 406 g/mol. The van der Waals surface area contributed by atoms with Gasteiger partial charge in [0.15, 0.2) is 11.5 Å². The van der Waals surface area contributed by atoms with Crippen LogP contribution in [0.4, 0.5) is 0 Å². The SMILES string of the molecule is C=CCNC1C2CCC(=O)C[C@]23CC1(C)c1c(Br)cc(OC)c(O)c13. The van der Waals surface area contributed by atoms with E-state index >= 15 is 0 Å². The van der Waals surface area contributed by atoms with Gasteiger partial charge in [-0.15, -0.1) is 6.58 Å². The minimum absolute atomic E-state index is 0.129. The highest BCUT2D eigenvalue weighted by atomic mass is 79.9. The molecule has 2 saturated carbocycles. The summed E-state index contributed by atoms with van der Waals surface area (Å²) in [4.78, 5) is 12.4. The molecule has 0 amide bonds. The van der Waals surface area contributed by atoms with Gasteiger partial charge in [0.1, 0.15) is 5.78 Å². The molecule has 0 aliphatic heterocycles. The number of phenols is 1. The summed E-state index contributed by atoms with van der Waals surface area (Å²) in [6, 6.07) is 2.12. The molecule has 0 saturated heterocycles. The number of phenolic OH excluding ortho intramolecular Hbond substituents is 1. The average Bonchev–Trinajstić information content (AvgIpc) is 2.97. The topological polar surface area (TPSA) is 58.6 Å². The number of ether oxygens (including phenoxy) is 1. The number of carbonyl (C=O) groups is 1. The maximum Gasteiger partial charge on any atom is 0.161 e. The van der Waals surface area contributed by atoms with E-state index in [9.17, 15) is 9.90 Å². The molecule has 3 unspecified atom stereocenters. The molecule has 0 heterocycles. The molecule has 1 aromatic rings. The van der Waals surface area contributed by atoms with E-state index in [0.717, 1.165) is 35.0 Å². The van der Waals surface area contributed by atoms with E-state index in [1.165, 1.54) is 0 Å². The van der Waals surface area contributed by atoms with Gasteiger partial charge in [0.25, 0.3) is 0 Å². The van der Waals surface area contributed by atoms with Gasteiger partial charge in [-0.3, -0.25) is 4.79 Å². The molecule has 4 rings (SSSR count). The fraction of sp³-hybridized carbons (Fsp3) is 0.550. The summed E-state index contributed by atoms with van der Waals surface area (Å²) in [5, 5.41) is 14.6. The maximum absolute atomic E-state index is 12.4. The van der Waals surface area contributed by atoms with Crippen LogP contribution in [0.3, 0.4) is 0 Å². The monoisotopic (exact) mass is 405 g/mol. The normalized spacial score (nSPS) is 35.4. The first-order chi connectivity index (χ1) is 11.9. The molecule has 0 aromatic heterocycles. The molecule has 5 heteroatoms. The van der Waals surface area contributed by atoms with Crippen molar-refractivity contribution in [1.82, 2.24) is 5.32 Å². The second-order valence-corrected chi connectivity index (χ2v) is 8.80. The Morgan fingerprint density at radius 3 is 2.96 bits per heavy atom. The molecule has 25 heavy (non-hydrogen) atoms. The van der Waals surface area contributed by atoms with Crippen molar-refractivity contribution in [3.8, 4) is 11.5 Å². The predicted molar refractivity (Wildman–Crippen MR) is 100 cm³/mol. The Bertz CT molecular complexity index is 777. The molecule has 1 aromatic carbocycles. The number of benzene rings is 1. The van der Waals surface area contributed by atoms with Crippen molar-refractivity contribution in [3.05, 3.63) is 34.3 Å². The number of Topliss-reactive ketones (excluding diaryl/α,β-unsaturated/α-hetero) is 1. The Balaban J connectivity index is 1.97. The molecular weight excluding hydrogens is 382 g/mol. The number of halogens is 1. The number of methoxy groups -OCH3 is 1. The molecular formula is C20H24BrNO3. The van der Waals surface area contributed by atoms with Gasteiger partial charge in [-0.1, -0.05) is 28.9 Å². The predicted octanol–water partition coefficient (Wildman–Crippen LogP) is 3.59. The fourth-order valence-corrected chi connectivity index (χ4v) is 6.91. The first-order valence-corrected chi connectivity index (χ1v) is 9.64. The van der Waals surface area contributed by atoms with Crippen molar-refractivity contribution in [2.75, 3.05) is 13.7 Å². The van der Waals surface area contributed by atoms with Crippen LogP contribution in [-0.4, -0.2) is 30.6 Å². The smallest absolute Gasteiger partial charge is 0.161 e. The maximum atomic E-state index is 12.4.